The van der Waals surface area contributed by atoms with Crippen LogP contribution in [0, 0.1) is 11.3 Å². The van der Waals surface area contributed by atoms with Crippen molar-refractivity contribution in [3.05, 3.63) is 59.7 Å². The van der Waals surface area contributed by atoms with Gasteiger partial charge in [0, 0.05) is 30.8 Å². The SMILES string of the molecule is CC1CN(C(=O)C(CCC(=O)O)NC(=O)OCC2c3ccccc3-c3ccccc32)CC1(C)CO. The lowest BCUT2D eigenvalue weighted by Gasteiger charge is -2.27. The number of carboxylic acid groups (broad SMARTS) is 1. The summed E-state index contributed by atoms with van der Waals surface area (Å²) >= 11 is 0. The highest BCUT2D eigenvalue weighted by Crippen LogP contribution is 2.44. The normalized spacial score (nSPS) is 21.8. The Balaban J connectivity index is 1.43. The fourth-order valence-corrected chi connectivity index (χ4v) is 5.11. The lowest BCUT2D eigenvalue weighted by atomic mass is 9.82. The number of aliphatic carboxylic acids is 1. The van der Waals surface area contributed by atoms with E-state index in [0.717, 1.165) is 22.3 Å². The molecule has 2 amide bonds. The Morgan fingerprint density at radius 1 is 1.11 bits per heavy atom. The number of aliphatic hydroxyl groups is 1. The molecule has 2 aliphatic rings. The van der Waals surface area contributed by atoms with E-state index < -0.39 is 23.5 Å². The summed E-state index contributed by atoms with van der Waals surface area (Å²) < 4.78 is 5.56. The van der Waals surface area contributed by atoms with Crippen molar-refractivity contribution < 1.29 is 29.3 Å². The molecule has 8 heteroatoms. The third-order valence-corrected chi connectivity index (χ3v) is 7.49. The Hall–Kier alpha value is -3.39. The van der Waals surface area contributed by atoms with Gasteiger partial charge < -0.3 is 25.2 Å². The van der Waals surface area contributed by atoms with Crippen molar-refractivity contribution in [3.63, 3.8) is 0 Å². The van der Waals surface area contributed by atoms with Crippen LogP contribution in [0.15, 0.2) is 48.5 Å². The fourth-order valence-electron chi connectivity index (χ4n) is 5.11. The van der Waals surface area contributed by atoms with Crippen molar-refractivity contribution in [1.82, 2.24) is 10.2 Å². The summed E-state index contributed by atoms with van der Waals surface area (Å²) in [6, 6.07) is 15.0. The van der Waals surface area contributed by atoms with Crippen molar-refractivity contribution in [1.29, 1.82) is 0 Å². The van der Waals surface area contributed by atoms with Crippen LogP contribution in [0.4, 0.5) is 4.79 Å². The highest BCUT2D eigenvalue weighted by molar-refractivity contribution is 5.86. The lowest BCUT2D eigenvalue weighted by molar-refractivity contribution is -0.138. The van der Waals surface area contributed by atoms with E-state index in [9.17, 15) is 19.5 Å². The average molecular weight is 481 g/mol. The van der Waals surface area contributed by atoms with Crippen molar-refractivity contribution >= 4 is 18.0 Å². The smallest absolute Gasteiger partial charge is 0.407 e. The summed E-state index contributed by atoms with van der Waals surface area (Å²) in [6.07, 6.45) is -1.06. The summed E-state index contributed by atoms with van der Waals surface area (Å²) in [5.41, 5.74) is 3.95. The first-order valence-corrected chi connectivity index (χ1v) is 12.0. The molecule has 0 spiro atoms. The number of ether oxygens (including phenoxy) is 1. The maximum atomic E-state index is 13.2. The second-order valence-corrected chi connectivity index (χ2v) is 9.89. The van der Waals surface area contributed by atoms with Gasteiger partial charge in [-0.3, -0.25) is 9.59 Å². The standard InChI is InChI=1S/C27H32N2O6/c1-17-13-29(15-27(17,2)16-30)25(33)23(11-12-24(31)32)28-26(34)35-14-22-20-9-5-3-7-18(20)19-8-4-6-10-21(19)22/h3-10,17,22-23,30H,11-16H2,1-2H3,(H,28,34)(H,31,32). The van der Waals surface area contributed by atoms with Gasteiger partial charge in [-0.25, -0.2) is 4.79 Å². The van der Waals surface area contributed by atoms with Crippen LogP contribution in [0.2, 0.25) is 0 Å². The zero-order valence-electron chi connectivity index (χ0n) is 20.1. The predicted molar refractivity (Wildman–Crippen MR) is 130 cm³/mol. The fraction of sp³-hybridized carbons (Fsp3) is 0.444. The number of carbonyl (C=O) groups excluding carboxylic acids is 2. The van der Waals surface area contributed by atoms with Crippen molar-refractivity contribution in [2.45, 2.75) is 38.6 Å². The van der Waals surface area contributed by atoms with Crippen LogP contribution in [-0.4, -0.2) is 65.4 Å². The van der Waals surface area contributed by atoms with Gasteiger partial charge in [-0.15, -0.1) is 0 Å². The number of hydrogen-bond donors (Lipinski definition) is 3. The second kappa shape index (κ2) is 10.1. The highest BCUT2D eigenvalue weighted by atomic mass is 16.5. The number of amides is 2. The molecule has 0 aromatic heterocycles. The summed E-state index contributed by atoms with van der Waals surface area (Å²) in [5, 5.41) is 21.5. The van der Waals surface area contributed by atoms with Gasteiger partial charge in [0.1, 0.15) is 12.6 Å². The van der Waals surface area contributed by atoms with Crippen LogP contribution in [0.3, 0.4) is 0 Å². The van der Waals surface area contributed by atoms with E-state index in [1.54, 1.807) is 4.90 Å². The first-order valence-electron chi connectivity index (χ1n) is 12.0. The minimum absolute atomic E-state index is 0.0426. The van der Waals surface area contributed by atoms with Crippen LogP contribution >= 0.6 is 0 Å². The third kappa shape index (κ3) is 5.03. The minimum atomic E-state index is -1.05. The molecule has 0 saturated carbocycles. The van der Waals surface area contributed by atoms with E-state index in [4.69, 9.17) is 9.84 Å². The number of carbonyl (C=O) groups is 3. The van der Waals surface area contributed by atoms with Crippen LogP contribution < -0.4 is 5.32 Å². The van der Waals surface area contributed by atoms with Crippen LogP contribution in [0.25, 0.3) is 11.1 Å². The average Bonchev–Trinajstić information content (AvgIpc) is 3.34. The summed E-state index contributed by atoms with van der Waals surface area (Å²) in [6.45, 7) is 4.71. The van der Waals surface area contributed by atoms with Crippen LogP contribution in [0.5, 0.6) is 0 Å². The van der Waals surface area contributed by atoms with Gasteiger partial charge in [0.25, 0.3) is 0 Å². The van der Waals surface area contributed by atoms with Gasteiger partial charge in [-0.1, -0.05) is 62.4 Å². The monoisotopic (exact) mass is 480 g/mol. The van der Waals surface area contributed by atoms with Crippen molar-refractivity contribution in [2.24, 2.45) is 11.3 Å². The number of aliphatic hydroxyl groups excluding tert-OH is 1. The van der Waals surface area contributed by atoms with Gasteiger partial charge >= 0.3 is 12.1 Å². The molecule has 3 unspecified atom stereocenters. The van der Waals surface area contributed by atoms with E-state index in [1.807, 2.05) is 62.4 Å². The third-order valence-electron chi connectivity index (χ3n) is 7.49. The zero-order valence-corrected chi connectivity index (χ0v) is 20.1. The van der Waals surface area contributed by atoms with E-state index in [0.29, 0.717) is 13.1 Å². The molecule has 4 rings (SSSR count). The van der Waals surface area contributed by atoms with Crippen molar-refractivity contribution in [2.75, 3.05) is 26.3 Å². The Kier molecular flexibility index (Phi) is 7.12. The van der Waals surface area contributed by atoms with Gasteiger partial charge in [-0.05, 0) is 34.6 Å². The largest absolute Gasteiger partial charge is 0.481 e. The maximum Gasteiger partial charge on any atom is 0.407 e. The number of hydrogen-bond acceptors (Lipinski definition) is 5. The molecule has 1 heterocycles. The van der Waals surface area contributed by atoms with E-state index >= 15 is 0 Å². The molecule has 2 aromatic carbocycles. The molecule has 2 aromatic rings. The number of likely N-dealkylation sites (tertiary alicyclic amines) is 1. The molecule has 1 fully saturated rings. The second-order valence-electron chi connectivity index (χ2n) is 9.89. The molecule has 1 aliphatic carbocycles. The van der Waals surface area contributed by atoms with E-state index in [-0.39, 0.29) is 43.8 Å². The van der Waals surface area contributed by atoms with Crippen LogP contribution in [-0.2, 0) is 14.3 Å². The Labute approximate surface area is 204 Å². The number of nitrogens with zero attached hydrogens (tertiary/aromatic N) is 1. The summed E-state index contributed by atoms with van der Waals surface area (Å²) in [4.78, 5) is 38.7. The van der Waals surface area contributed by atoms with Gasteiger partial charge in [0.05, 0.1) is 6.61 Å². The molecule has 1 aliphatic heterocycles. The zero-order chi connectivity index (χ0) is 25.2. The molecule has 8 nitrogen and oxygen atoms in total. The molecular formula is C27H32N2O6. The Morgan fingerprint density at radius 3 is 2.26 bits per heavy atom. The van der Waals surface area contributed by atoms with Gasteiger partial charge in [-0.2, -0.15) is 0 Å². The molecule has 3 N–H and O–H groups in total. The van der Waals surface area contributed by atoms with Gasteiger partial charge in [0.2, 0.25) is 5.91 Å². The first kappa shape index (κ1) is 24.7. The topological polar surface area (TPSA) is 116 Å². The summed E-state index contributed by atoms with van der Waals surface area (Å²) in [5.74, 6) is -1.45. The quantitative estimate of drug-likeness (QED) is 0.534. The molecule has 186 valence electrons. The highest BCUT2D eigenvalue weighted by Gasteiger charge is 2.43. The van der Waals surface area contributed by atoms with E-state index in [1.165, 1.54) is 0 Å². The first-order chi connectivity index (χ1) is 16.7. The summed E-state index contributed by atoms with van der Waals surface area (Å²) in [7, 11) is 0. The molecular weight excluding hydrogens is 448 g/mol. The Bertz CT molecular complexity index is 1070. The number of benzene rings is 2. The number of rotatable bonds is 8. The molecule has 35 heavy (non-hydrogen) atoms. The van der Waals surface area contributed by atoms with Crippen molar-refractivity contribution in [3.8, 4) is 11.1 Å². The molecule has 1 saturated heterocycles. The molecule has 0 bridgehead atoms. The minimum Gasteiger partial charge on any atom is -0.481 e. The number of nitrogens with one attached hydrogen (secondary N) is 1. The van der Waals surface area contributed by atoms with Crippen LogP contribution in [0.1, 0.15) is 43.7 Å². The number of alkyl carbamates (subject to hydrolysis) is 1. The predicted octanol–water partition coefficient (Wildman–Crippen LogP) is 3.24. The molecule has 3 atom stereocenters. The lowest BCUT2D eigenvalue weighted by Crippen LogP contribution is -2.49. The number of carboxylic acids is 1. The molecule has 0 radical (unpaired) electrons. The van der Waals surface area contributed by atoms with Gasteiger partial charge in [0.15, 0.2) is 0 Å². The number of fused-ring (bicyclic) bond motifs is 3. The van der Waals surface area contributed by atoms with E-state index in [2.05, 4.69) is 5.32 Å². The maximum absolute atomic E-state index is 13.2. The Morgan fingerprint density at radius 2 is 1.71 bits per heavy atom.